The van der Waals surface area contributed by atoms with Crippen molar-refractivity contribution in [3.8, 4) is 0 Å². The smallest absolute Gasteiger partial charge is 0.251 e. The van der Waals surface area contributed by atoms with Gasteiger partial charge in [-0.3, -0.25) is 14.7 Å². The number of amides is 1. The molecule has 0 bridgehead atoms. The van der Waals surface area contributed by atoms with Crippen LogP contribution in [0.5, 0.6) is 0 Å². The predicted molar refractivity (Wildman–Crippen MR) is 97.6 cm³/mol. The molecule has 5 nitrogen and oxygen atoms in total. The summed E-state index contributed by atoms with van der Waals surface area (Å²) in [5.74, 6) is -0.176. The first-order chi connectivity index (χ1) is 12.0. The third-order valence-corrected chi connectivity index (χ3v) is 4.96. The van der Waals surface area contributed by atoms with Crippen LogP contribution in [0.2, 0.25) is 5.02 Å². The number of carbonyl (C=O) groups excluding carboxylic acids is 1. The van der Waals surface area contributed by atoms with E-state index >= 15 is 0 Å². The molecule has 1 saturated heterocycles. The highest BCUT2D eigenvalue weighted by Crippen LogP contribution is 2.18. The summed E-state index contributed by atoms with van der Waals surface area (Å²) in [5.41, 5.74) is 2.54. The zero-order valence-corrected chi connectivity index (χ0v) is 14.9. The Morgan fingerprint density at radius 3 is 2.96 bits per heavy atom. The Balaban J connectivity index is 1.56. The Morgan fingerprint density at radius 2 is 2.28 bits per heavy atom. The lowest BCUT2D eigenvalue weighted by Crippen LogP contribution is -2.53. The van der Waals surface area contributed by atoms with Gasteiger partial charge in [0, 0.05) is 42.6 Å². The maximum absolute atomic E-state index is 12.4. The predicted octanol–water partition coefficient (Wildman–Crippen LogP) is 2.41. The topological polar surface area (TPSA) is 65.5 Å². The number of likely N-dealkylation sites (tertiary alicyclic amines) is 1. The number of piperidine rings is 1. The SMILES string of the molecule is Cc1cc(C(=O)N[C@@H]2CCN(Cc3cccnc3)C[C@H]2O)ccc1Cl. The fraction of sp³-hybridized carbons (Fsp3) is 0.368. The Labute approximate surface area is 152 Å². The second kappa shape index (κ2) is 7.95. The molecule has 1 fully saturated rings. The number of nitrogens with one attached hydrogen (secondary N) is 1. The standard InChI is InChI=1S/C19H22ClN3O2/c1-13-9-15(4-5-16(13)20)19(25)22-17-6-8-23(12-18(17)24)11-14-3-2-7-21-10-14/h2-5,7,9-10,17-18,24H,6,8,11-12H2,1H3,(H,22,25)/t17-,18-/m1/s1. The zero-order chi connectivity index (χ0) is 17.8. The first-order valence-electron chi connectivity index (χ1n) is 8.39. The normalized spacial score (nSPS) is 21.1. The van der Waals surface area contributed by atoms with Crippen molar-refractivity contribution >= 4 is 17.5 Å². The molecule has 132 valence electrons. The van der Waals surface area contributed by atoms with Gasteiger partial charge in [-0.15, -0.1) is 0 Å². The molecule has 0 aliphatic carbocycles. The molecule has 0 radical (unpaired) electrons. The van der Waals surface area contributed by atoms with Crippen LogP contribution in [0.3, 0.4) is 0 Å². The molecule has 2 atom stereocenters. The number of carbonyl (C=O) groups is 1. The summed E-state index contributed by atoms with van der Waals surface area (Å²) >= 11 is 6.00. The van der Waals surface area contributed by atoms with Crippen molar-refractivity contribution in [2.75, 3.05) is 13.1 Å². The lowest BCUT2D eigenvalue weighted by molar-refractivity contribution is 0.0349. The van der Waals surface area contributed by atoms with E-state index in [9.17, 15) is 9.90 Å². The van der Waals surface area contributed by atoms with Crippen molar-refractivity contribution in [2.24, 2.45) is 0 Å². The highest BCUT2D eigenvalue weighted by Gasteiger charge is 2.29. The molecule has 1 amide bonds. The molecule has 6 heteroatoms. The van der Waals surface area contributed by atoms with E-state index in [1.165, 1.54) is 0 Å². The van der Waals surface area contributed by atoms with Crippen LogP contribution in [0, 0.1) is 6.92 Å². The zero-order valence-electron chi connectivity index (χ0n) is 14.2. The van der Waals surface area contributed by atoms with Gasteiger partial charge in [-0.1, -0.05) is 17.7 Å². The van der Waals surface area contributed by atoms with Gasteiger partial charge in [0.05, 0.1) is 12.1 Å². The summed E-state index contributed by atoms with van der Waals surface area (Å²) in [4.78, 5) is 18.7. The Kier molecular flexibility index (Phi) is 5.68. The van der Waals surface area contributed by atoms with E-state index in [-0.39, 0.29) is 11.9 Å². The maximum atomic E-state index is 12.4. The van der Waals surface area contributed by atoms with E-state index in [2.05, 4.69) is 15.2 Å². The fourth-order valence-electron chi connectivity index (χ4n) is 3.10. The third kappa shape index (κ3) is 4.57. The summed E-state index contributed by atoms with van der Waals surface area (Å²) in [6.07, 6.45) is 3.70. The fourth-order valence-corrected chi connectivity index (χ4v) is 3.21. The molecule has 2 aromatic rings. The van der Waals surface area contributed by atoms with Crippen molar-refractivity contribution in [2.45, 2.75) is 32.0 Å². The summed E-state index contributed by atoms with van der Waals surface area (Å²) < 4.78 is 0. The van der Waals surface area contributed by atoms with E-state index in [0.717, 1.165) is 24.2 Å². The summed E-state index contributed by atoms with van der Waals surface area (Å²) in [6, 6.07) is 8.88. The number of nitrogens with zero attached hydrogens (tertiary/aromatic N) is 2. The lowest BCUT2D eigenvalue weighted by atomic mass is 10.0. The summed E-state index contributed by atoms with van der Waals surface area (Å²) in [7, 11) is 0. The van der Waals surface area contributed by atoms with Crippen molar-refractivity contribution in [1.82, 2.24) is 15.2 Å². The number of rotatable bonds is 4. The number of aliphatic hydroxyl groups excluding tert-OH is 1. The first-order valence-corrected chi connectivity index (χ1v) is 8.77. The van der Waals surface area contributed by atoms with Gasteiger partial charge in [0.15, 0.2) is 0 Å². The van der Waals surface area contributed by atoms with Gasteiger partial charge < -0.3 is 10.4 Å². The number of pyridine rings is 1. The van der Waals surface area contributed by atoms with E-state index in [0.29, 0.717) is 23.6 Å². The van der Waals surface area contributed by atoms with Crippen LogP contribution in [0.25, 0.3) is 0 Å². The molecule has 2 N–H and O–H groups in total. The molecule has 1 aliphatic heterocycles. The van der Waals surface area contributed by atoms with Crippen LogP contribution in [-0.4, -0.2) is 46.1 Å². The van der Waals surface area contributed by atoms with Gasteiger partial charge in [-0.2, -0.15) is 0 Å². The van der Waals surface area contributed by atoms with Gasteiger partial charge in [0.2, 0.25) is 0 Å². The van der Waals surface area contributed by atoms with Crippen LogP contribution in [-0.2, 0) is 6.54 Å². The average Bonchev–Trinajstić information content (AvgIpc) is 2.60. The number of aryl methyl sites for hydroxylation is 1. The molecule has 0 unspecified atom stereocenters. The second-order valence-electron chi connectivity index (χ2n) is 6.50. The molecule has 1 aromatic heterocycles. The van der Waals surface area contributed by atoms with E-state index in [1.807, 2.05) is 25.3 Å². The first kappa shape index (κ1) is 17.9. The molecule has 1 aliphatic rings. The lowest BCUT2D eigenvalue weighted by Gasteiger charge is -2.36. The van der Waals surface area contributed by atoms with Crippen molar-refractivity contribution in [1.29, 1.82) is 0 Å². The van der Waals surface area contributed by atoms with E-state index in [4.69, 9.17) is 11.6 Å². The number of β-amino-alcohol motifs (C(OH)–C–C–N with tert-alkyl or cyclic N) is 1. The van der Waals surface area contributed by atoms with Gasteiger partial charge in [0.1, 0.15) is 0 Å². The Morgan fingerprint density at radius 1 is 1.44 bits per heavy atom. The van der Waals surface area contributed by atoms with Crippen LogP contribution < -0.4 is 5.32 Å². The monoisotopic (exact) mass is 359 g/mol. The Hall–Kier alpha value is -1.95. The largest absolute Gasteiger partial charge is 0.390 e. The van der Waals surface area contributed by atoms with Crippen molar-refractivity contribution < 1.29 is 9.90 Å². The number of hydrogen-bond donors (Lipinski definition) is 2. The second-order valence-corrected chi connectivity index (χ2v) is 6.90. The molecule has 25 heavy (non-hydrogen) atoms. The molecular weight excluding hydrogens is 338 g/mol. The molecule has 2 heterocycles. The molecule has 0 spiro atoms. The molecule has 0 saturated carbocycles. The minimum atomic E-state index is -0.595. The molecule has 3 rings (SSSR count). The number of hydrogen-bond acceptors (Lipinski definition) is 4. The van der Waals surface area contributed by atoms with E-state index in [1.54, 1.807) is 24.4 Å². The van der Waals surface area contributed by atoms with Crippen LogP contribution in [0.4, 0.5) is 0 Å². The summed E-state index contributed by atoms with van der Waals surface area (Å²) in [6.45, 7) is 3.96. The maximum Gasteiger partial charge on any atom is 0.251 e. The minimum Gasteiger partial charge on any atom is -0.390 e. The average molecular weight is 360 g/mol. The van der Waals surface area contributed by atoms with Crippen LogP contribution in [0.1, 0.15) is 27.9 Å². The van der Waals surface area contributed by atoms with Gasteiger partial charge in [0.25, 0.3) is 5.91 Å². The highest BCUT2D eigenvalue weighted by molar-refractivity contribution is 6.31. The Bertz CT molecular complexity index is 739. The molecule has 1 aromatic carbocycles. The molecular formula is C19H22ClN3O2. The number of aliphatic hydroxyl groups is 1. The minimum absolute atomic E-state index is 0.176. The van der Waals surface area contributed by atoms with Gasteiger partial charge in [-0.25, -0.2) is 0 Å². The van der Waals surface area contributed by atoms with Crippen molar-refractivity contribution in [3.63, 3.8) is 0 Å². The van der Waals surface area contributed by atoms with Crippen LogP contribution in [0.15, 0.2) is 42.7 Å². The number of aromatic nitrogens is 1. The van der Waals surface area contributed by atoms with Crippen molar-refractivity contribution in [3.05, 3.63) is 64.4 Å². The number of halogens is 1. The highest BCUT2D eigenvalue weighted by atomic mass is 35.5. The number of benzene rings is 1. The quantitative estimate of drug-likeness (QED) is 0.879. The van der Waals surface area contributed by atoms with E-state index < -0.39 is 6.10 Å². The van der Waals surface area contributed by atoms with Gasteiger partial charge >= 0.3 is 0 Å². The van der Waals surface area contributed by atoms with Gasteiger partial charge in [-0.05, 0) is 48.7 Å². The van der Waals surface area contributed by atoms with Crippen LogP contribution >= 0.6 is 11.6 Å². The third-order valence-electron chi connectivity index (χ3n) is 4.53. The summed E-state index contributed by atoms with van der Waals surface area (Å²) in [5, 5.41) is 14.0.